The Morgan fingerprint density at radius 1 is 1.29 bits per heavy atom. The van der Waals surface area contributed by atoms with Crippen molar-refractivity contribution in [1.82, 2.24) is 34.4 Å². The average Bonchev–Trinajstić information content (AvgIpc) is 3.56. The number of pyridine rings is 1. The van der Waals surface area contributed by atoms with E-state index in [0.717, 1.165) is 23.0 Å². The van der Waals surface area contributed by atoms with Crippen molar-refractivity contribution in [2.75, 3.05) is 6.54 Å². The SMILES string of the molecule is C=C(Oc1cc(-c2nnn([C@H]3CCN(C#N)[C@H]3C)c2C)cc2ncn(C(F)F)c12)c1ccccn1. The van der Waals surface area contributed by atoms with Crippen molar-refractivity contribution in [2.45, 2.75) is 38.9 Å². The van der Waals surface area contributed by atoms with Crippen LogP contribution in [0, 0.1) is 18.4 Å². The number of nitrogens with zero attached hydrogens (tertiary/aromatic N) is 8. The average molecular weight is 476 g/mol. The number of ether oxygens (including phenoxy) is 1. The number of aromatic nitrogens is 6. The fourth-order valence-electron chi connectivity index (χ4n) is 4.52. The highest BCUT2D eigenvalue weighted by Crippen LogP contribution is 2.37. The van der Waals surface area contributed by atoms with Crippen molar-refractivity contribution in [3.8, 4) is 23.2 Å². The van der Waals surface area contributed by atoms with E-state index in [-0.39, 0.29) is 29.1 Å². The Labute approximate surface area is 199 Å². The number of benzene rings is 1. The quantitative estimate of drug-likeness (QED) is 0.297. The molecule has 0 amide bonds. The molecule has 35 heavy (non-hydrogen) atoms. The maximum Gasteiger partial charge on any atom is 0.320 e. The van der Waals surface area contributed by atoms with Crippen LogP contribution in [0.3, 0.4) is 0 Å². The third-order valence-corrected chi connectivity index (χ3v) is 6.39. The summed E-state index contributed by atoms with van der Waals surface area (Å²) in [5.41, 5.74) is 2.93. The van der Waals surface area contributed by atoms with Gasteiger partial charge in [-0.25, -0.2) is 9.67 Å². The Kier molecular flexibility index (Phi) is 5.64. The molecule has 0 radical (unpaired) electrons. The van der Waals surface area contributed by atoms with E-state index in [4.69, 9.17) is 4.74 Å². The lowest BCUT2D eigenvalue weighted by molar-refractivity contribution is 0.0743. The Bertz CT molecular complexity index is 1440. The van der Waals surface area contributed by atoms with Crippen molar-refractivity contribution in [3.63, 3.8) is 0 Å². The van der Waals surface area contributed by atoms with Crippen LogP contribution in [-0.4, -0.2) is 47.0 Å². The van der Waals surface area contributed by atoms with E-state index in [1.165, 1.54) is 0 Å². The summed E-state index contributed by atoms with van der Waals surface area (Å²) in [7, 11) is 0. The summed E-state index contributed by atoms with van der Waals surface area (Å²) in [5.74, 6) is 0.368. The number of imidazole rings is 1. The molecule has 0 aliphatic carbocycles. The van der Waals surface area contributed by atoms with Crippen LogP contribution in [0.15, 0.2) is 49.4 Å². The predicted octanol–water partition coefficient (Wildman–Crippen LogP) is 4.56. The van der Waals surface area contributed by atoms with Crippen molar-refractivity contribution in [1.29, 1.82) is 5.26 Å². The standard InChI is InChI=1S/C24H22F2N8O/c1-14-20(7-9-32(14)12-27)34-15(2)22(30-31-34)17-10-19-23(33(13-29-19)24(25)26)21(11-17)35-16(3)18-6-4-5-8-28-18/h4-6,8,10-11,13-14,20,24H,3,7,9H2,1-2H3/t14-,20-/m0/s1. The maximum absolute atomic E-state index is 13.7. The molecule has 1 aromatic carbocycles. The summed E-state index contributed by atoms with van der Waals surface area (Å²) in [6.45, 7) is 5.66. The maximum atomic E-state index is 13.7. The molecule has 0 spiro atoms. The van der Waals surface area contributed by atoms with Gasteiger partial charge < -0.3 is 9.64 Å². The van der Waals surface area contributed by atoms with Gasteiger partial charge in [0.25, 0.3) is 0 Å². The van der Waals surface area contributed by atoms with Gasteiger partial charge in [-0.2, -0.15) is 14.0 Å². The van der Waals surface area contributed by atoms with E-state index < -0.39 is 6.55 Å². The van der Waals surface area contributed by atoms with Crippen molar-refractivity contribution in [3.05, 3.63) is 60.8 Å². The van der Waals surface area contributed by atoms with Gasteiger partial charge in [0.2, 0.25) is 0 Å². The van der Waals surface area contributed by atoms with Crippen LogP contribution < -0.4 is 4.74 Å². The number of hydrogen-bond acceptors (Lipinski definition) is 7. The Hall–Kier alpha value is -4.33. The van der Waals surface area contributed by atoms with E-state index in [1.807, 2.05) is 18.5 Å². The molecule has 1 aliphatic heterocycles. The van der Waals surface area contributed by atoms with E-state index in [0.29, 0.717) is 29.0 Å². The molecule has 0 unspecified atom stereocenters. The van der Waals surface area contributed by atoms with Gasteiger partial charge in [-0.1, -0.05) is 17.9 Å². The van der Waals surface area contributed by atoms with Gasteiger partial charge in [0, 0.05) is 18.3 Å². The highest BCUT2D eigenvalue weighted by molar-refractivity contribution is 5.88. The second-order valence-electron chi connectivity index (χ2n) is 8.37. The van der Waals surface area contributed by atoms with Crippen LogP contribution in [0.5, 0.6) is 5.75 Å². The topological polar surface area (TPSA) is 97.7 Å². The van der Waals surface area contributed by atoms with Crippen LogP contribution in [-0.2, 0) is 0 Å². The first-order chi connectivity index (χ1) is 16.9. The molecule has 2 atom stereocenters. The third-order valence-electron chi connectivity index (χ3n) is 6.39. The molecule has 3 aromatic heterocycles. The minimum atomic E-state index is -2.80. The summed E-state index contributed by atoms with van der Waals surface area (Å²) < 4.78 is 36.0. The molecule has 1 saturated heterocycles. The molecule has 0 saturated carbocycles. The van der Waals surface area contributed by atoms with Gasteiger partial charge in [0.15, 0.2) is 11.9 Å². The summed E-state index contributed by atoms with van der Waals surface area (Å²) in [5, 5.41) is 18.1. The molecule has 11 heteroatoms. The molecule has 1 aliphatic rings. The molecule has 4 heterocycles. The van der Waals surface area contributed by atoms with Crippen molar-refractivity contribution >= 4 is 16.8 Å². The largest absolute Gasteiger partial charge is 0.453 e. The molecule has 5 rings (SSSR count). The first-order valence-electron chi connectivity index (χ1n) is 11.0. The Morgan fingerprint density at radius 2 is 2.11 bits per heavy atom. The first kappa shape index (κ1) is 22.5. The van der Waals surface area contributed by atoms with E-state index >= 15 is 0 Å². The molecule has 4 aromatic rings. The molecule has 178 valence electrons. The lowest BCUT2D eigenvalue weighted by Crippen LogP contribution is -2.28. The van der Waals surface area contributed by atoms with Crippen LogP contribution in [0.4, 0.5) is 8.78 Å². The lowest BCUT2D eigenvalue weighted by Gasteiger charge is -2.20. The van der Waals surface area contributed by atoms with Crippen LogP contribution >= 0.6 is 0 Å². The summed E-state index contributed by atoms with van der Waals surface area (Å²) in [6.07, 6.45) is 5.66. The number of rotatable bonds is 6. The molecule has 1 fully saturated rings. The second kappa shape index (κ2) is 8.79. The monoisotopic (exact) mass is 476 g/mol. The van der Waals surface area contributed by atoms with Crippen molar-refractivity contribution in [2.24, 2.45) is 0 Å². The minimum absolute atomic E-state index is 0.00248. The normalized spacial score (nSPS) is 17.8. The molecular formula is C24H22F2N8O. The molecule has 0 bridgehead atoms. The van der Waals surface area contributed by atoms with Gasteiger partial charge in [0.1, 0.15) is 29.0 Å². The lowest BCUT2D eigenvalue weighted by atomic mass is 10.1. The summed E-state index contributed by atoms with van der Waals surface area (Å²) in [4.78, 5) is 10.1. The fourth-order valence-corrected chi connectivity index (χ4v) is 4.52. The zero-order valence-corrected chi connectivity index (χ0v) is 19.1. The number of fused-ring (bicyclic) bond motifs is 1. The van der Waals surface area contributed by atoms with Crippen LogP contribution in [0.1, 0.15) is 37.3 Å². The highest BCUT2D eigenvalue weighted by atomic mass is 19.3. The number of likely N-dealkylation sites (tertiary alicyclic amines) is 1. The smallest absolute Gasteiger partial charge is 0.320 e. The Balaban J connectivity index is 1.58. The van der Waals surface area contributed by atoms with Gasteiger partial charge in [-0.05, 0) is 44.5 Å². The van der Waals surface area contributed by atoms with Gasteiger partial charge in [-0.3, -0.25) is 9.55 Å². The van der Waals surface area contributed by atoms with Crippen molar-refractivity contribution < 1.29 is 13.5 Å². The summed E-state index contributed by atoms with van der Waals surface area (Å²) in [6, 6.07) is 8.57. The molecule has 0 N–H and O–H groups in total. The van der Waals surface area contributed by atoms with E-state index in [2.05, 4.69) is 33.1 Å². The summed E-state index contributed by atoms with van der Waals surface area (Å²) >= 11 is 0. The number of alkyl halides is 2. The van der Waals surface area contributed by atoms with Gasteiger partial charge in [0.05, 0.1) is 23.3 Å². The predicted molar refractivity (Wildman–Crippen MR) is 124 cm³/mol. The minimum Gasteiger partial charge on any atom is -0.453 e. The second-order valence-corrected chi connectivity index (χ2v) is 8.37. The van der Waals surface area contributed by atoms with E-state index in [9.17, 15) is 14.0 Å². The molecular weight excluding hydrogens is 454 g/mol. The van der Waals surface area contributed by atoms with E-state index in [1.54, 1.807) is 41.4 Å². The van der Waals surface area contributed by atoms with Gasteiger partial charge in [-0.15, -0.1) is 5.10 Å². The Morgan fingerprint density at radius 3 is 2.80 bits per heavy atom. The number of nitriles is 1. The molecule has 9 nitrogen and oxygen atoms in total. The zero-order chi connectivity index (χ0) is 24.7. The van der Waals surface area contributed by atoms with Crippen LogP contribution in [0.25, 0.3) is 28.0 Å². The fraction of sp³-hybridized carbons (Fsp3) is 0.292. The highest BCUT2D eigenvalue weighted by Gasteiger charge is 2.34. The zero-order valence-electron chi connectivity index (χ0n) is 19.1. The first-order valence-corrected chi connectivity index (χ1v) is 11.0. The number of halogens is 2. The number of hydrogen-bond donors (Lipinski definition) is 0. The van der Waals surface area contributed by atoms with Gasteiger partial charge >= 0.3 is 6.55 Å². The van der Waals surface area contributed by atoms with Crippen LogP contribution in [0.2, 0.25) is 0 Å². The third kappa shape index (κ3) is 3.86.